The molecule has 0 atom stereocenters. The van der Waals surface area contributed by atoms with Crippen molar-refractivity contribution < 1.29 is 9.53 Å². The average molecular weight is 357 g/mol. The third-order valence-electron chi connectivity index (χ3n) is 4.30. The van der Waals surface area contributed by atoms with Crippen LogP contribution in [-0.4, -0.2) is 29.8 Å². The van der Waals surface area contributed by atoms with Gasteiger partial charge in [-0.3, -0.25) is 0 Å². The van der Waals surface area contributed by atoms with Crippen LogP contribution in [0.1, 0.15) is 65.2 Å². The third kappa shape index (κ3) is 6.98. The maximum absolute atomic E-state index is 11.0. The lowest BCUT2D eigenvalue weighted by atomic mass is 10.1. The normalized spacial score (nSPS) is 13.4. The van der Waals surface area contributed by atoms with Crippen LogP contribution in [0.5, 0.6) is 5.75 Å². The number of anilines is 1. The summed E-state index contributed by atoms with van der Waals surface area (Å²) in [7, 11) is 0. The summed E-state index contributed by atoms with van der Waals surface area (Å²) in [5, 5.41) is 0. The third-order valence-corrected chi connectivity index (χ3v) is 4.30. The van der Waals surface area contributed by atoms with Gasteiger partial charge >= 0.3 is 0 Å². The van der Waals surface area contributed by atoms with E-state index in [4.69, 9.17) is 4.74 Å². The van der Waals surface area contributed by atoms with Gasteiger partial charge in [0.1, 0.15) is 23.2 Å². The Balaban J connectivity index is 1.98. The van der Waals surface area contributed by atoms with E-state index < -0.39 is 0 Å². The molecule has 0 aromatic carbocycles. The number of unbranched alkanes of at least 4 members (excludes halogenated alkanes) is 3. The van der Waals surface area contributed by atoms with Crippen molar-refractivity contribution in [3.63, 3.8) is 0 Å². The van der Waals surface area contributed by atoms with Crippen molar-refractivity contribution in [2.45, 2.75) is 65.2 Å². The number of carbonyl (C=O) groups excluding carboxylic acids is 1. The van der Waals surface area contributed by atoms with E-state index >= 15 is 0 Å². The lowest BCUT2D eigenvalue weighted by molar-refractivity contribution is -0.117. The summed E-state index contributed by atoms with van der Waals surface area (Å²) in [6.07, 6.45) is 13.7. The Morgan fingerprint density at radius 2 is 2.12 bits per heavy atom. The number of aromatic nitrogens is 1. The number of carbonyl (C=O) groups is 1. The minimum absolute atomic E-state index is 0.281. The molecule has 0 N–H and O–H groups in total. The smallest absolute Gasteiger partial charge is 0.137 e. The Morgan fingerprint density at radius 3 is 2.85 bits per heavy atom. The van der Waals surface area contributed by atoms with Crippen molar-refractivity contribution in [2.24, 2.45) is 4.99 Å². The van der Waals surface area contributed by atoms with Crippen LogP contribution >= 0.6 is 0 Å². The van der Waals surface area contributed by atoms with Gasteiger partial charge in [0.15, 0.2) is 0 Å². The molecular formula is C21H31N3O2. The number of hydrogen-bond acceptors (Lipinski definition) is 5. The van der Waals surface area contributed by atoms with E-state index in [1.807, 2.05) is 18.3 Å². The molecule has 26 heavy (non-hydrogen) atoms. The van der Waals surface area contributed by atoms with Gasteiger partial charge in [-0.05, 0) is 38.7 Å². The highest BCUT2D eigenvalue weighted by Crippen LogP contribution is 2.22. The Morgan fingerprint density at radius 1 is 1.27 bits per heavy atom. The molecule has 1 aliphatic rings. The number of Topliss-reactive ketones (excluding diaryl/α,β-unsaturated/α-hetero) is 1. The fourth-order valence-electron chi connectivity index (χ4n) is 2.93. The second-order valence-corrected chi connectivity index (χ2v) is 6.68. The zero-order chi connectivity index (χ0) is 18.6. The SMILES string of the molecule is CCCOc1ccnc(N(CCCCCCC(C)=O)C2=NC=CCC2)c1. The first-order valence-electron chi connectivity index (χ1n) is 9.78. The van der Waals surface area contributed by atoms with Crippen LogP contribution in [0.25, 0.3) is 0 Å². The minimum atomic E-state index is 0.281. The van der Waals surface area contributed by atoms with Crippen molar-refractivity contribution in [1.29, 1.82) is 0 Å². The summed E-state index contributed by atoms with van der Waals surface area (Å²) in [5.41, 5.74) is 0. The van der Waals surface area contributed by atoms with Crippen LogP contribution in [0.15, 0.2) is 35.6 Å². The van der Waals surface area contributed by atoms with E-state index in [2.05, 4.69) is 27.9 Å². The number of amidine groups is 1. The van der Waals surface area contributed by atoms with E-state index in [-0.39, 0.29) is 5.78 Å². The second-order valence-electron chi connectivity index (χ2n) is 6.68. The lowest BCUT2D eigenvalue weighted by Crippen LogP contribution is -2.33. The van der Waals surface area contributed by atoms with Crippen LogP contribution in [0.2, 0.25) is 0 Å². The van der Waals surface area contributed by atoms with Gasteiger partial charge in [0.2, 0.25) is 0 Å². The maximum Gasteiger partial charge on any atom is 0.137 e. The van der Waals surface area contributed by atoms with Gasteiger partial charge in [-0.15, -0.1) is 0 Å². The molecule has 0 saturated heterocycles. The molecule has 0 radical (unpaired) electrons. The quantitative estimate of drug-likeness (QED) is 0.527. The van der Waals surface area contributed by atoms with Crippen LogP contribution in [0.3, 0.4) is 0 Å². The van der Waals surface area contributed by atoms with Gasteiger partial charge in [-0.2, -0.15) is 0 Å². The van der Waals surface area contributed by atoms with Crippen molar-refractivity contribution in [2.75, 3.05) is 18.1 Å². The van der Waals surface area contributed by atoms with E-state index in [0.29, 0.717) is 13.0 Å². The number of ether oxygens (including phenoxy) is 1. The standard InChI is InChI=1S/C21H31N3O2/c1-3-16-26-19-12-14-23-21(17-19)24(20-11-7-8-13-22-20)15-9-5-4-6-10-18(2)25/h8,12-14,17H,3-7,9-11,15-16H2,1-2H3. The van der Waals surface area contributed by atoms with Crippen molar-refractivity contribution in [1.82, 2.24) is 4.98 Å². The van der Waals surface area contributed by atoms with Crippen molar-refractivity contribution in [3.8, 4) is 5.75 Å². The van der Waals surface area contributed by atoms with Gasteiger partial charge < -0.3 is 14.4 Å². The molecule has 0 bridgehead atoms. The molecule has 2 heterocycles. The van der Waals surface area contributed by atoms with Gasteiger partial charge in [-0.25, -0.2) is 9.98 Å². The summed E-state index contributed by atoms with van der Waals surface area (Å²) in [6, 6.07) is 3.91. The van der Waals surface area contributed by atoms with Gasteiger partial charge in [-0.1, -0.05) is 25.8 Å². The van der Waals surface area contributed by atoms with E-state index in [9.17, 15) is 4.79 Å². The summed E-state index contributed by atoms with van der Waals surface area (Å²) in [5.74, 6) is 3.10. The van der Waals surface area contributed by atoms with E-state index in [0.717, 1.165) is 68.9 Å². The van der Waals surface area contributed by atoms with Crippen LogP contribution in [0, 0.1) is 0 Å². The number of aliphatic imine (C=N–C) groups is 1. The fourth-order valence-corrected chi connectivity index (χ4v) is 2.93. The van der Waals surface area contributed by atoms with Crippen molar-refractivity contribution in [3.05, 3.63) is 30.6 Å². The first kappa shape index (κ1) is 20.1. The molecule has 0 fully saturated rings. The molecule has 0 spiro atoms. The number of nitrogens with zero attached hydrogens (tertiary/aromatic N) is 3. The van der Waals surface area contributed by atoms with E-state index in [1.54, 1.807) is 13.1 Å². The molecule has 2 rings (SSSR count). The number of allylic oxidation sites excluding steroid dienone is 1. The highest BCUT2D eigenvalue weighted by atomic mass is 16.5. The highest BCUT2D eigenvalue weighted by Gasteiger charge is 2.16. The lowest BCUT2D eigenvalue weighted by Gasteiger charge is -2.26. The molecule has 1 aliphatic heterocycles. The fraction of sp³-hybridized carbons (Fsp3) is 0.571. The Kier molecular flexibility index (Phi) is 8.87. The van der Waals surface area contributed by atoms with Crippen molar-refractivity contribution >= 4 is 17.4 Å². The van der Waals surface area contributed by atoms with Crippen LogP contribution in [-0.2, 0) is 4.79 Å². The monoisotopic (exact) mass is 357 g/mol. The molecule has 0 saturated carbocycles. The molecule has 0 amide bonds. The van der Waals surface area contributed by atoms with Crippen LogP contribution in [0.4, 0.5) is 5.82 Å². The molecule has 1 aromatic heterocycles. The zero-order valence-electron chi connectivity index (χ0n) is 16.1. The Bertz CT molecular complexity index is 625. The Hall–Kier alpha value is -2.17. The highest BCUT2D eigenvalue weighted by molar-refractivity contribution is 5.98. The molecule has 5 heteroatoms. The molecule has 0 aliphatic carbocycles. The van der Waals surface area contributed by atoms with E-state index in [1.165, 1.54) is 0 Å². The molecule has 0 unspecified atom stereocenters. The van der Waals surface area contributed by atoms with Gasteiger partial charge in [0, 0.05) is 37.8 Å². The summed E-state index contributed by atoms with van der Waals surface area (Å²) >= 11 is 0. The molecular weight excluding hydrogens is 326 g/mol. The van der Waals surface area contributed by atoms with Gasteiger partial charge in [0.05, 0.1) is 6.61 Å². The first-order chi connectivity index (χ1) is 12.7. The van der Waals surface area contributed by atoms with Gasteiger partial charge in [0.25, 0.3) is 0 Å². The first-order valence-corrected chi connectivity index (χ1v) is 9.78. The number of pyridine rings is 1. The minimum Gasteiger partial charge on any atom is -0.493 e. The molecule has 142 valence electrons. The zero-order valence-corrected chi connectivity index (χ0v) is 16.1. The summed E-state index contributed by atoms with van der Waals surface area (Å²) < 4.78 is 5.76. The predicted octanol–water partition coefficient (Wildman–Crippen LogP) is 4.92. The molecule has 5 nitrogen and oxygen atoms in total. The molecule has 1 aromatic rings. The predicted molar refractivity (Wildman–Crippen MR) is 107 cm³/mol. The number of rotatable bonds is 11. The second kappa shape index (κ2) is 11.4. The van der Waals surface area contributed by atoms with Crippen LogP contribution < -0.4 is 9.64 Å². The number of ketones is 1. The summed E-state index contributed by atoms with van der Waals surface area (Å²) in [4.78, 5) is 22.4. The topological polar surface area (TPSA) is 54.8 Å². The largest absolute Gasteiger partial charge is 0.493 e. The number of hydrogen-bond donors (Lipinski definition) is 0. The Labute approximate surface area is 157 Å². The average Bonchev–Trinajstić information content (AvgIpc) is 2.66. The summed E-state index contributed by atoms with van der Waals surface area (Å²) in [6.45, 7) is 5.36. The maximum atomic E-state index is 11.0.